The van der Waals surface area contributed by atoms with Crippen molar-refractivity contribution in [3.05, 3.63) is 72.8 Å². The normalized spacial score (nSPS) is 12.3. The Morgan fingerprint density at radius 2 is 1.02 bits per heavy atom. The first-order valence-electron chi connectivity index (χ1n) is 16.1. The van der Waals surface area contributed by atoms with Crippen LogP contribution < -0.4 is 20.9 Å². The average Bonchev–Trinajstić information content (AvgIpc) is 3.21. The van der Waals surface area contributed by atoms with E-state index in [4.69, 9.17) is 31.5 Å². The van der Waals surface area contributed by atoms with Crippen LogP contribution in [-0.2, 0) is 39.0 Å². The first kappa shape index (κ1) is 43.7. The SMILES string of the molecule is COc1cc(-c2ccc(N=Nc3cc(S(=O)(=O)O)c4ccc(S(=O)(=O)O)c(N)c4c3O)c(OC)c2)ccc1N=Nc1cc(SOOO)c2ccc(SOOO)c(N)c2c1O. The Bertz CT molecular complexity index is 2950. The highest BCUT2D eigenvalue weighted by atomic mass is 32.2. The number of nitrogen functional groups attached to an aromatic ring is 2. The van der Waals surface area contributed by atoms with Gasteiger partial charge >= 0.3 is 0 Å². The number of nitrogens with two attached hydrogens (primary N) is 2. The lowest BCUT2D eigenvalue weighted by Gasteiger charge is -2.13. The smallest absolute Gasteiger partial charge is 0.296 e. The summed E-state index contributed by atoms with van der Waals surface area (Å²) in [6.45, 7) is 0. The van der Waals surface area contributed by atoms with Gasteiger partial charge in [0, 0.05) is 15.7 Å². The molecule has 10 N–H and O–H groups in total. The number of nitrogens with zero attached hydrogens (tertiary/aromatic N) is 4. The van der Waals surface area contributed by atoms with E-state index >= 15 is 0 Å². The van der Waals surface area contributed by atoms with Crippen molar-refractivity contribution >= 4 is 100.0 Å². The topological polar surface area (TPSA) is 347 Å². The molecule has 0 aromatic heterocycles. The highest BCUT2D eigenvalue weighted by Crippen LogP contribution is 2.48. The molecule has 0 aliphatic rings. The number of hydrogen-bond acceptors (Lipinski definition) is 22. The van der Waals surface area contributed by atoms with Crippen LogP contribution in [0.15, 0.2) is 113 Å². The van der Waals surface area contributed by atoms with Gasteiger partial charge in [-0.15, -0.1) is 29.1 Å². The number of methoxy groups -OCH3 is 2. The number of fused-ring (bicyclic) bond motifs is 2. The van der Waals surface area contributed by atoms with E-state index < -0.39 is 58.3 Å². The number of hydrogen-bond donors (Lipinski definition) is 8. The van der Waals surface area contributed by atoms with E-state index in [-0.39, 0.29) is 49.9 Å². The van der Waals surface area contributed by atoms with Crippen molar-refractivity contribution in [2.75, 3.05) is 25.7 Å². The van der Waals surface area contributed by atoms with Crippen LogP contribution in [0.5, 0.6) is 23.0 Å². The van der Waals surface area contributed by atoms with E-state index in [9.17, 15) is 36.2 Å². The number of ether oxygens (including phenoxy) is 2. The second-order valence-corrected chi connectivity index (χ2v) is 16.1. The molecule has 0 aliphatic carbocycles. The molecular weight excluding hydrogens is 877 g/mol. The molecule has 0 amide bonds. The number of anilines is 2. The summed E-state index contributed by atoms with van der Waals surface area (Å²) in [7, 11) is -7.17. The summed E-state index contributed by atoms with van der Waals surface area (Å²) in [6, 6.07) is 16.5. The Morgan fingerprint density at radius 3 is 1.52 bits per heavy atom. The Labute approximate surface area is 346 Å². The van der Waals surface area contributed by atoms with Gasteiger partial charge in [0.25, 0.3) is 20.2 Å². The van der Waals surface area contributed by atoms with Crippen molar-refractivity contribution in [2.45, 2.75) is 19.6 Å². The molecule has 6 aromatic carbocycles. The minimum absolute atomic E-state index is 0.0147. The zero-order valence-corrected chi connectivity index (χ0v) is 33.5. The summed E-state index contributed by atoms with van der Waals surface area (Å²) in [5, 5.41) is 62.9. The molecule has 0 saturated heterocycles. The van der Waals surface area contributed by atoms with Crippen molar-refractivity contribution in [1.82, 2.24) is 0 Å². The van der Waals surface area contributed by atoms with Gasteiger partial charge in [-0.05, 0) is 59.7 Å². The largest absolute Gasteiger partial charge is 0.505 e. The van der Waals surface area contributed by atoms with Gasteiger partial charge in [-0.3, -0.25) is 9.11 Å². The minimum atomic E-state index is -4.99. The van der Waals surface area contributed by atoms with Gasteiger partial charge in [0.2, 0.25) is 0 Å². The van der Waals surface area contributed by atoms with E-state index in [1.807, 2.05) is 0 Å². The molecule has 60 heavy (non-hydrogen) atoms. The number of aromatic hydroxyl groups is 2. The Morgan fingerprint density at radius 1 is 0.550 bits per heavy atom. The lowest BCUT2D eigenvalue weighted by atomic mass is 10.0. The summed E-state index contributed by atoms with van der Waals surface area (Å²) in [6.07, 6.45) is 0. The quantitative estimate of drug-likeness (QED) is 0.0120. The third kappa shape index (κ3) is 8.84. The summed E-state index contributed by atoms with van der Waals surface area (Å²) >= 11 is 1.14. The first-order chi connectivity index (χ1) is 28.5. The molecule has 26 heteroatoms. The van der Waals surface area contributed by atoms with Crippen molar-refractivity contribution in [2.24, 2.45) is 20.5 Å². The molecule has 0 unspecified atom stereocenters. The fraction of sp³-hybridized carbons (Fsp3) is 0.0588. The van der Waals surface area contributed by atoms with Crippen molar-refractivity contribution in [3.63, 3.8) is 0 Å². The van der Waals surface area contributed by atoms with Crippen LogP contribution in [0.25, 0.3) is 32.7 Å². The Balaban J connectivity index is 1.34. The van der Waals surface area contributed by atoms with Crippen molar-refractivity contribution < 1.29 is 74.9 Å². The third-order valence-corrected chi connectivity index (χ3v) is 11.6. The molecule has 0 fully saturated rings. The van der Waals surface area contributed by atoms with Crippen LogP contribution in [0.4, 0.5) is 34.1 Å². The predicted molar refractivity (Wildman–Crippen MR) is 214 cm³/mol. The molecule has 314 valence electrons. The average molecular weight is 905 g/mol. The molecule has 6 rings (SSSR count). The molecular formula is C34H28N6O16S4. The third-order valence-electron chi connectivity index (χ3n) is 8.52. The standard InChI is InChI=1S/C34H28N6O16S4/c1-51-23-11-15(3-7-19(23)37-39-21-13-26(58-56-54-44)17-5-9-25(57-55-53-43)31(35)29(17)33(21)41)16-4-8-20(24(12-16)52-2)38-40-22-14-28(60(48,49)50)18-6-10-27(59(45,46)47)32(36)30(18)34(22)42/h3-14,41-44H,35-36H2,1-2H3,(H,45,46,47)(H,48,49,50). The fourth-order valence-electron chi connectivity index (χ4n) is 5.85. The highest BCUT2D eigenvalue weighted by molar-refractivity contribution is 7.95. The van der Waals surface area contributed by atoms with Crippen molar-refractivity contribution in [3.8, 4) is 34.1 Å². The summed E-state index contributed by atoms with van der Waals surface area (Å²) < 4.78 is 87.9. The first-order valence-corrected chi connectivity index (χ1v) is 20.5. The maximum Gasteiger partial charge on any atom is 0.296 e. The number of phenolic OH excluding ortho intramolecular Hbond substituents is 2. The van der Waals surface area contributed by atoms with Crippen LogP contribution in [0, 0.1) is 0 Å². The minimum Gasteiger partial charge on any atom is -0.505 e. The molecule has 0 radical (unpaired) electrons. The van der Waals surface area contributed by atoms with Crippen LogP contribution >= 0.6 is 24.1 Å². The summed E-state index contributed by atoms with van der Waals surface area (Å²) in [5.41, 5.74) is 12.3. The fourth-order valence-corrected chi connectivity index (χ4v) is 8.12. The molecule has 0 saturated carbocycles. The second kappa shape index (κ2) is 17.8. The van der Waals surface area contributed by atoms with E-state index in [0.29, 0.717) is 45.5 Å². The van der Waals surface area contributed by atoms with Gasteiger partial charge in [0.05, 0.1) is 65.3 Å². The number of rotatable bonds is 15. The van der Waals surface area contributed by atoms with E-state index in [2.05, 4.69) is 39.2 Å². The van der Waals surface area contributed by atoms with Gasteiger partial charge in [0.15, 0.2) is 11.5 Å². The maximum atomic E-state index is 12.3. The van der Waals surface area contributed by atoms with Gasteiger partial charge in [-0.2, -0.15) is 16.8 Å². The van der Waals surface area contributed by atoms with E-state index in [0.717, 1.165) is 18.2 Å². The predicted octanol–water partition coefficient (Wildman–Crippen LogP) is 8.43. The van der Waals surface area contributed by atoms with Gasteiger partial charge in [-0.1, -0.05) is 34.3 Å². The van der Waals surface area contributed by atoms with E-state index in [1.165, 1.54) is 32.4 Å². The molecule has 22 nitrogen and oxygen atoms in total. The van der Waals surface area contributed by atoms with Crippen molar-refractivity contribution in [1.29, 1.82) is 0 Å². The van der Waals surface area contributed by atoms with Crippen LogP contribution in [0.2, 0.25) is 0 Å². The molecule has 0 bridgehead atoms. The summed E-state index contributed by atoms with van der Waals surface area (Å²) in [5.74, 6) is -0.808. The van der Waals surface area contributed by atoms with Crippen LogP contribution in [0.3, 0.4) is 0 Å². The molecule has 6 aromatic rings. The van der Waals surface area contributed by atoms with Gasteiger partial charge in [-0.25, -0.2) is 10.5 Å². The Hall–Kier alpha value is -5.88. The number of azo groups is 2. The monoisotopic (exact) mass is 904 g/mol. The number of phenols is 2. The zero-order chi connectivity index (χ0) is 43.5. The Kier molecular flexibility index (Phi) is 12.9. The maximum absolute atomic E-state index is 12.3. The van der Waals surface area contributed by atoms with E-state index in [1.54, 1.807) is 36.4 Å². The molecule has 0 aliphatic heterocycles. The highest BCUT2D eigenvalue weighted by Gasteiger charge is 2.26. The van der Waals surface area contributed by atoms with Crippen LogP contribution in [0.1, 0.15) is 0 Å². The van der Waals surface area contributed by atoms with Gasteiger partial charge in [0.1, 0.15) is 44.0 Å². The summed E-state index contributed by atoms with van der Waals surface area (Å²) in [4.78, 5) is -1.06. The number of benzene rings is 6. The lowest BCUT2D eigenvalue weighted by Crippen LogP contribution is -2.05. The van der Waals surface area contributed by atoms with Gasteiger partial charge < -0.3 is 31.2 Å². The molecule has 0 atom stereocenters. The molecule has 0 spiro atoms. The second-order valence-electron chi connectivity index (χ2n) is 11.9. The molecule has 0 heterocycles. The zero-order valence-electron chi connectivity index (χ0n) is 30.3. The van der Waals surface area contributed by atoms with Crippen LogP contribution in [-0.4, -0.2) is 60.9 Å². The lowest BCUT2D eigenvalue weighted by molar-refractivity contribution is -0.432.